The van der Waals surface area contributed by atoms with Crippen molar-refractivity contribution in [2.24, 2.45) is 0 Å². The summed E-state index contributed by atoms with van der Waals surface area (Å²) in [5, 5.41) is 9.54. The van der Waals surface area contributed by atoms with E-state index in [0.717, 1.165) is 5.56 Å². The van der Waals surface area contributed by atoms with Crippen LogP contribution >= 0.6 is 11.6 Å². The fourth-order valence-electron chi connectivity index (χ4n) is 1.93. The van der Waals surface area contributed by atoms with Gasteiger partial charge in [0.1, 0.15) is 5.75 Å². The van der Waals surface area contributed by atoms with Crippen LogP contribution in [-0.2, 0) is 4.79 Å². The Morgan fingerprint density at radius 1 is 1.17 bits per heavy atom. The molecule has 0 heterocycles. The normalized spacial score (nSPS) is 9.92. The number of benzene rings is 2. The number of carbonyl (C=O) groups excluding carboxylic acids is 1. The van der Waals surface area contributed by atoms with Crippen molar-refractivity contribution in [1.29, 1.82) is 5.26 Å². The fraction of sp³-hybridized carbons (Fsp3) is 0.222. The molecule has 6 heteroatoms. The van der Waals surface area contributed by atoms with E-state index in [1.807, 2.05) is 13.0 Å². The Bertz CT molecular complexity index is 783. The second-order valence-electron chi connectivity index (χ2n) is 4.88. The molecule has 0 amide bonds. The number of nitriles is 1. The van der Waals surface area contributed by atoms with Crippen molar-refractivity contribution in [3.8, 4) is 23.3 Å². The van der Waals surface area contributed by atoms with Gasteiger partial charge in [0.25, 0.3) is 0 Å². The topological polar surface area (TPSA) is 68.5 Å². The summed E-state index contributed by atoms with van der Waals surface area (Å²) in [6.07, 6.45) is 0. The van der Waals surface area contributed by atoms with E-state index in [9.17, 15) is 4.79 Å². The zero-order valence-electron chi connectivity index (χ0n) is 13.3. The molecular formula is C18H16ClNO4. The molecule has 2 aromatic rings. The molecule has 0 unspecified atom stereocenters. The van der Waals surface area contributed by atoms with Crippen LogP contribution in [0.25, 0.3) is 0 Å². The summed E-state index contributed by atoms with van der Waals surface area (Å²) in [6.45, 7) is 3.78. The maximum atomic E-state index is 12.0. The van der Waals surface area contributed by atoms with E-state index in [1.165, 1.54) is 12.1 Å². The molecule has 0 saturated carbocycles. The maximum absolute atomic E-state index is 12.0. The molecule has 24 heavy (non-hydrogen) atoms. The third-order valence-electron chi connectivity index (χ3n) is 3.08. The number of esters is 1. The van der Waals surface area contributed by atoms with Gasteiger partial charge >= 0.3 is 5.97 Å². The van der Waals surface area contributed by atoms with E-state index in [-0.39, 0.29) is 12.4 Å². The Hall–Kier alpha value is -2.71. The molecule has 0 radical (unpaired) electrons. The highest BCUT2D eigenvalue weighted by Gasteiger charge is 2.12. The quantitative estimate of drug-likeness (QED) is 0.586. The van der Waals surface area contributed by atoms with Gasteiger partial charge in [0.2, 0.25) is 0 Å². The van der Waals surface area contributed by atoms with Crippen LogP contribution in [0.4, 0.5) is 0 Å². The van der Waals surface area contributed by atoms with Crippen LogP contribution < -0.4 is 14.2 Å². The van der Waals surface area contributed by atoms with E-state index in [0.29, 0.717) is 28.7 Å². The summed E-state index contributed by atoms with van der Waals surface area (Å²) < 4.78 is 16.0. The van der Waals surface area contributed by atoms with Crippen molar-refractivity contribution in [2.45, 2.75) is 13.8 Å². The predicted molar refractivity (Wildman–Crippen MR) is 89.6 cm³/mol. The van der Waals surface area contributed by atoms with Gasteiger partial charge in [-0.05, 0) is 49.7 Å². The fourth-order valence-corrected chi connectivity index (χ4v) is 2.05. The van der Waals surface area contributed by atoms with Gasteiger partial charge in [-0.25, -0.2) is 4.79 Å². The lowest BCUT2D eigenvalue weighted by Crippen LogP contribution is -2.18. The van der Waals surface area contributed by atoms with Gasteiger partial charge in [-0.15, -0.1) is 0 Å². The Balaban J connectivity index is 2.01. The average Bonchev–Trinajstić information content (AvgIpc) is 2.57. The van der Waals surface area contributed by atoms with Crippen molar-refractivity contribution in [2.75, 3.05) is 13.2 Å². The molecule has 2 rings (SSSR count). The molecule has 0 saturated heterocycles. The minimum atomic E-state index is -0.576. The lowest BCUT2D eigenvalue weighted by molar-refractivity contribution is -0.136. The van der Waals surface area contributed by atoms with Crippen LogP contribution in [0.15, 0.2) is 36.4 Å². The average molecular weight is 346 g/mol. The van der Waals surface area contributed by atoms with E-state index in [1.54, 1.807) is 31.2 Å². The highest BCUT2D eigenvalue weighted by atomic mass is 35.5. The molecule has 0 aliphatic heterocycles. The standard InChI is InChI=1S/C18H16ClNO4/c1-3-22-17-9-13(10-20)4-7-16(17)24-18(21)11-23-14-5-6-15(19)12(2)8-14/h4-9H,3,11H2,1-2H3. The summed E-state index contributed by atoms with van der Waals surface area (Å²) >= 11 is 5.94. The zero-order chi connectivity index (χ0) is 17.5. The number of nitrogens with zero attached hydrogens (tertiary/aromatic N) is 1. The molecule has 0 atom stereocenters. The van der Waals surface area contributed by atoms with Crippen molar-refractivity contribution in [1.82, 2.24) is 0 Å². The Labute approximate surface area is 145 Å². The molecule has 5 nitrogen and oxygen atoms in total. The third-order valence-corrected chi connectivity index (χ3v) is 3.51. The van der Waals surface area contributed by atoms with Gasteiger partial charge in [-0.3, -0.25) is 0 Å². The summed E-state index contributed by atoms with van der Waals surface area (Å²) in [5.74, 6) is 0.538. The number of hydrogen-bond acceptors (Lipinski definition) is 5. The van der Waals surface area contributed by atoms with Gasteiger partial charge in [-0.1, -0.05) is 11.6 Å². The molecule has 0 aromatic heterocycles. The summed E-state index contributed by atoms with van der Waals surface area (Å²) in [7, 11) is 0. The number of aryl methyl sites for hydroxylation is 1. The number of ether oxygens (including phenoxy) is 3. The van der Waals surface area contributed by atoms with Gasteiger partial charge in [-0.2, -0.15) is 5.26 Å². The molecule has 0 spiro atoms. The second kappa shape index (κ2) is 8.23. The molecule has 124 valence electrons. The number of carbonyl (C=O) groups is 1. The smallest absolute Gasteiger partial charge is 0.349 e. The third kappa shape index (κ3) is 4.64. The number of rotatable bonds is 6. The van der Waals surface area contributed by atoms with E-state index >= 15 is 0 Å². The first-order valence-electron chi connectivity index (χ1n) is 7.30. The molecule has 0 bridgehead atoms. The van der Waals surface area contributed by atoms with E-state index in [2.05, 4.69) is 0 Å². The summed E-state index contributed by atoms with van der Waals surface area (Å²) in [5.41, 5.74) is 1.28. The largest absolute Gasteiger partial charge is 0.490 e. The van der Waals surface area contributed by atoms with E-state index in [4.69, 9.17) is 31.1 Å². The zero-order valence-corrected chi connectivity index (χ0v) is 14.1. The predicted octanol–water partition coefficient (Wildman–Crippen LogP) is 3.90. The van der Waals surface area contributed by atoms with Crippen LogP contribution in [-0.4, -0.2) is 19.2 Å². The lowest BCUT2D eigenvalue weighted by atomic mass is 10.2. The number of hydrogen-bond donors (Lipinski definition) is 0. The molecule has 0 aliphatic carbocycles. The van der Waals surface area contributed by atoms with Crippen molar-refractivity contribution < 1.29 is 19.0 Å². The first-order valence-corrected chi connectivity index (χ1v) is 7.68. The monoisotopic (exact) mass is 345 g/mol. The van der Waals surface area contributed by atoms with Gasteiger partial charge in [0, 0.05) is 11.1 Å². The Morgan fingerprint density at radius 3 is 2.62 bits per heavy atom. The molecule has 0 fully saturated rings. The second-order valence-corrected chi connectivity index (χ2v) is 5.29. The molecule has 0 N–H and O–H groups in total. The van der Waals surface area contributed by atoms with Crippen molar-refractivity contribution in [3.63, 3.8) is 0 Å². The molecular weight excluding hydrogens is 330 g/mol. The molecule has 0 aliphatic rings. The summed E-state index contributed by atoms with van der Waals surface area (Å²) in [6, 6.07) is 11.7. The van der Waals surface area contributed by atoms with Gasteiger partial charge in [0.15, 0.2) is 18.1 Å². The first kappa shape index (κ1) is 17.6. The van der Waals surface area contributed by atoms with Crippen LogP contribution in [0, 0.1) is 18.3 Å². The number of halogens is 1. The van der Waals surface area contributed by atoms with Crippen molar-refractivity contribution in [3.05, 3.63) is 52.5 Å². The van der Waals surface area contributed by atoms with E-state index < -0.39 is 5.97 Å². The van der Waals surface area contributed by atoms with Gasteiger partial charge < -0.3 is 14.2 Å². The van der Waals surface area contributed by atoms with Crippen LogP contribution in [0.1, 0.15) is 18.1 Å². The van der Waals surface area contributed by atoms with Crippen LogP contribution in [0.2, 0.25) is 5.02 Å². The Morgan fingerprint density at radius 2 is 1.96 bits per heavy atom. The van der Waals surface area contributed by atoms with Crippen LogP contribution in [0.3, 0.4) is 0 Å². The first-order chi connectivity index (χ1) is 11.5. The van der Waals surface area contributed by atoms with Crippen molar-refractivity contribution >= 4 is 17.6 Å². The molecule has 2 aromatic carbocycles. The van der Waals surface area contributed by atoms with Gasteiger partial charge in [0.05, 0.1) is 18.2 Å². The summed E-state index contributed by atoms with van der Waals surface area (Å²) in [4.78, 5) is 12.0. The minimum absolute atomic E-state index is 0.247. The SMILES string of the molecule is CCOc1cc(C#N)ccc1OC(=O)COc1ccc(Cl)c(C)c1. The maximum Gasteiger partial charge on any atom is 0.349 e. The lowest BCUT2D eigenvalue weighted by Gasteiger charge is -2.11. The highest BCUT2D eigenvalue weighted by molar-refractivity contribution is 6.31. The highest BCUT2D eigenvalue weighted by Crippen LogP contribution is 2.28. The minimum Gasteiger partial charge on any atom is -0.490 e. The van der Waals surface area contributed by atoms with Crippen LogP contribution in [0.5, 0.6) is 17.2 Å². The Kier molecular flexibility index (Phi) is 6.05.